The van der Waals surface area contributed by atoms with Crippen LogP contribution in [0.3, 0.4) is 0 Å². The maximum Gasteiger partial charge on any atom is 0.344 e. The lowest BCUT2D eigenvalue weighted by Crippen LogP contribution is -2.35. The molecule has 2 rings (SSSR count). The smallest absolute Gasteiger partial charge is 0.344 e. The van der Waals surface area contributed by atoms with E-state index in [-0.39, 0.29) is 19.1 Å². The molecule has 0 saturated carbocycles. The average molecular weight is 370 g/mol. The molecule has 0 spiro atoms. The van der Waals surface area contributed by atoms with Crippen LogP contribution in [0.1, 0.15) is 25.7 Å². The van der Waals surface area contributed by atoms with Gasteiger partial charge in [-0.25, -0.2) is 4.79 Å². The molecule has 0 radical (unpaired) electrons. The van der Waals surface area contributed by atoms with Crippen LogP contribution in [0.4, 0.5) is 0 Å². The molecular weight excluding hydrogens is 350 g/mol. The molecular formula is C16H20BrNO4. The van der Waals surface area contributed by atoms with Crippen LogP contribution in [-0.2, 0) is 14.3 Å². The first kappa shape index (κ1) is 16.8. The summed E-state index contributed by atoms with van der Waals surface area (Å²) in [4.78, 5) is 25.4. The number of carbonyl (C=O) groups excluding carboxylic acids is 2. The summed E-state index contributed by atoms with van der Waals surface area (Å²) in [6, 6.07) is 7.15. The van der Waals surface area contributed by atoms with Crippen molar-refractivity contribution in [1.82, 2.24) is 4.90 Å². The minimum absolute atomic E-state index is 0.126. The summed E-state index contributed by atoms with van der Waals surface area (Å²) in [7, 11) is 0. The molecule has 1 amide bonds. The van der Waals surface area contributed by atoms with Crippen molar-refractivity contribution in [2.45, 2.75) is 25.7 Å². The van der Waals surface area contributed by atoms with Crippen molar-refractivity contribution in [3.8, 4) is 5.75 Å². The minimum atomic E-state index is -0.536. The first-order valence-corrected chi connectivity index (χ1v) is 8.26. The van der Waals surface area contributed by atoms with E-state index < -0.39 is 5.97 Å². The largest absolute Gasteiger partial charge is 0.482 e. The molecule has 6 heteroatoms. The molecule has 1 aromatic rings. The van der Waals surface area contributed by atoms with Gasteiger partial charge in [0, 0.05) is 17.6 Å². The second-order valence-electron chi connectivity index (χ2n) is 5.20. The molecule has 0 N–H and O–H groups in total. The Hall–Kier alpha value is -1.56. The topological polar surface area (TPSA) is 55.8 Å². The monoisotopic (exact) mass is 369 g/mol. The fourth-order valence-corrected chi connectivity index (χ4v) is 2.53. The Kier molecular flexibility index (Phi) is 6.71. The maximum absolute atomic E-state index is 12.0. The lowest BCUT2D eigenvalue weighted by molar-refractivity contribution is -0.153. The van der Waals surface area contributed by atoms with Gasteiger partial charge in [0.05, 0.1) is 0 Å². The van der Waals surface area contributed by atoms with E-state index in [1.165, 1.54) is 0 Å². The van der Waals surface area contributed by atoms with Crippen molar-refractivity contribution in [3.63, 3.8) is 0 Å². The van der Waals surface area contributed by atoms with Crippen molar-refractivity contribution in [2.24, 2.45) is 0 Å². The predicted octanol–water partition coefficient (Wildman–Crippen LogP) is 2.77. The number of amides is 1. The van der Waals surface area contributed by atoms with Gasteiger partial charge in [-0.05, 0) is 37.1 Å². The SMILES string of the molecule is O=C(COc1ccc(Br)cc1)OCC(=O)N1CCCCCC1. The van der Waals surface area contributed by atoms with E-state index in [4.69, 9.17) is 9.47 Å². The summed E-state index contributed by atoms with van der Waals surface area (Å²) in [6.07, 6.45) is 4.36. The number of nitrogens with zero attached hydrogens (tertiary/aromatic N) is 1. The highest BCUT2D eigenvalue weighted by Crippen LogP contribution is 2.16. The van der Waals surface area contributed by atoms with Crippen molar-refractivity contribution < 1.29 is 19.1 Å². The van der Waals surface area contributed by atoms with Crippen LogP contribution in [0, 0.1) is 0 Å². The Balaban J connectivity index is 1.68. The summed E-state index contributed by atoms with van der Waals surface area (Å²) in [5, 5.41) is 0. The Bertz CT molecular complexity index is 495. The van der Waals surface area contributed by atoms with E-state index in [0.29, 0.717) is 5.75 Å². The lowest BCUT2D eigenvalue weighted by Gasteiger charge is -2.19. The third-order valence-electron chi connectivity index (χ3n) is 3.49. The number of carbonyl (C=O) groups is 2. The van der Waals surface area contributed by atoms with Gasteiger partial charge >= 0.3 is 5.97 Å². The van der Waals surface area contributed by atoms with Gasteiger partial charge in [-0.3, -0.25) is 4.79 Å². The molecule has 1 aliphatic rings. The Labute approximate surface area is 138 Å². The molecule has 1 aliphatic heterocycles. The van der Waals surface area contributed by atoms with E-state index in [1.54, 1.807) is 17.0 Å². The summed E-state index contributed by atoms with van der Waals surface area (Å²) < 4.78 is 11.2. The van der Waals surface area contributed by atoms with E-state index in [9.17, 15) is 9.59 Å². The molecule has 0 aliphatic carbocycles. The van der Waals surface area contributed by atoms with E-state index in [2.05, 4.69) is 15.9 Å². The van der Waals surface area contributed by atoms with E-state index in [1.807, 2.05) is 12.1 Å². The quantitative estimate of drug-likeness (QED) is 0.748. The number of rotatable bonds is 5. The van der Waals surface area contributed by atoms with Gasteiger partial charge in [-0.2, -0.15) is 0 Å². The summed E-state index contributed by atoms with van der Waals surface area (Å²) in [5.74, 6) is -0.0797. The van der Waals surface area contributed by atoms with Crippen LogP contribution in [0.5, 0.6) is 5.75 Å². The van der Waals surface area contributed by atoms with Gasteiger partial charge in [-0.1, -0.05) is 28.8 Å². The molecule has 22 heavy (non-hydrogen) atoms. The third kappa shape index (κ3) is 5.67. The van der Waals surface area contributed by atoms with Crippen LogP contribution >= 0.6 is 15.9 Å². The molecule has 0 unspecified atom stereocenters. The van der Waals surface area contributed by atoms with Crippen molar-refractivity contribution in [1.29, 1.82) is 0 Å². The van der Waals surface area contributed by atoms with Crippen LogP contribution in [0.15, 0.2) is 28.7 Å². The molecule has 1 heterocycles. The van der Waals surface area contributed by atoms with Crippen molar-refractivity contribution >= 4 is 27.8 Å². The van der Waals surface area contributed by atoms with Crippen LogP contribution in [-0.4, -0.2) is 43.1 Å². The maximum atomic E-state index is 12.0. The highest BCUT2D eigenvalue weighted by molar-refractivity contribution is 9.10. The highest BCUT2D eigenvalue weighted by atomic mass is 79.9. The van der Waals surface area contributed by atoms with Crippen molar-refractivity contribution in [2.75, 3.05) is 26.3 Å². The molecule has 5 nitrogen and oxygen atoms in total. The number of ether oxygens (including phenoxy) is 2. The zero-order valence-electron chi connectivity index (χ0n) is 12.4. The molecule has 0 aromatic heterocycles. The zero-order chi connectivity index (χ0) is 15.8. The summed E-state index contributed by atoms with van der Waals surface area (Å²) in [6.45, 7) is 1.11. The highest BCUT2D eigenvalue weighted by Gasteiger charge is 2.17. The zero-order valence-corrected chi connectivity index (χ0v) is 14.0. The summed E-state index contributed by atoms with van der Waals surface area (Å²) >= 11 is 3.32. The third-order valence-corrected chi connectivity index (χ3v) is 4.01. The van der Waals surface area contributed by atoms with E-state index >= 15 is 0 Å². The molecule has 0 bridgehead atoms. The van der Waals surface area contributed by atoms with Gasteiger partial charge in [0.15, 0.2) is 13.2 Å². The fourth-order valence-electron chi connectivity index (χ4n) is 2.27. The average Bonchev–Trinajstić information content (AvgIpc) is 2.81. The Morgan fingerprint density at radius 2 is 1.64 bits per heavy atom. The first-order valence-electron chi connectivity index (χ1n) is 7.47. The van der Waals surface area contributed by atoms with Crippen LogP contribution < -0.4 is 4.74 Å². The van der Waals surface area contributed by atoms with Gasteiger partial charge in [0.2, 0.25) is 0 Å². The normalized spacial score (nSPS) is 15.0. The number of esters is 1. The van der Waals surface area contributed by atoms with Gasteiger partial charge in [-0.15, -0.1) is 0 Å². The summed E-state index contributed by atoms with van der Waals surface area (Å²) in [5.41, 5.74) is 0. The number of halogens is 1. The standard InChI is InChI=1S/C16H20BrNO4/c17-13-5-7-14(8-6-13)21-12-16(20)22-11-15(19)18-9-3-1-2-4-10-18/h5-8H,1-4,9-12H2. The lowest BCUT2D eigenvalue weighted by atomic mass is 10.2. The van der Waals surface area contributed by atoms with Gasteiger partial charge < -0.3 is 14.4 Å². The molecule has 1 fully saturated rings. The van der Waals surface area contributed by atoms with Crippen LogP contribution in [0.25, 0.3) is 0 Å². The second-order valence-corrected chi connectivity index (χ2v) is 6.11. The van der Waals surface area contributed by atoms with Gasteiger partial charge in [0.1, 0.15) is 5.75 Å². The Morgan fingerprint density at radius 3 is 2.27 bits per heavy atom. The molecule has 1 saturated heterocycles. The van der Waals surface area contributed by atoms with E-state index in [0.717, 1.165) is 43.2 Å². The van der Waals surface area contributed by atoms with Gasteiger partial charge in [0.25, 0.3) is 5.91 Å². The minimum Gasteiger partial charge on any atom is -0.482 e. The predicted molar refractivity (Wildman–Crippen MR) is 85.6 cm³/mol. The number of hydrogen-bond donors (Lipinski definition) is 0. The second kappa shape index (κ2) is 8.78. The number of hydrogen-bond acceptors (Lipinski definition) is 4. The number of benzene rings is 1. The first-order chi connectivity index (χ1) is 10.6. The van der Waals surface area contributed by atoms with Crippen molar-refractivity contribution in [3.05, 3.63) is 28.7 Å². The van der Waals surface area contributed by atoms with Crippen LogP contribution in [0.2, 0.25) is 0 Å². The fraction of sp³-hybridized carbons (Fsp3) is 0.500. The molecule has 120 valence electrons. The number of likely N-dealkylation sites (tertiary alicyclic amines) is 1. The molecule has 0 atom stereocenters. The molecule has 1 aromatic carbocycles. The Morgan fingerprint density at radius 1 is 1.00 bits per heavy atom.